The van der Waals surface area contributed by atoms with Gasteiger partial charge in [0.1, 0.15) is 17.1 Å². The van der Waals surface area contributed by atoms with Gasteiger partial charge in [0.15, 0.2) is 0 Å². The van der Waals surface area contributed by atoms with Crippen molar-refractivity contribution in [1.82, 2.24) is 5.43 Å². The number of hydrogen-bond acceptors (Lipinski definition) is 5. The Morgan fingerprint density at radius 2 is 1.67 bits per heavy atom. The van der Waals surface area contributed by atoms with Crippen LogP contribution in [-0.2, 0) is 0 Å². The van der Waals surface area contributed by atoms with E-state index in [1.807, 2.05) is 30.3 Å². The van der Waals surface area contributed by atoms with Crippen molar-refractivity contribution in [2.45, 2.75) is 0 Å². The minimum atomic E-state index is -0.657. The highest BCUT2D eigenvalue weighted by atomic mass is 16.6. The highest BCUT2D eigenvalue weighted by Gasteiger charge is 2.18. The molecule has 0 saturated carbocycles. The normalized spacial score (nSPS) is 10.5. The Morgan fingerprint density at radius 1 is 0.963 bits per heavy atom. The molecule has 0 bridgehead atoms. The molecule has 134 valence electrons. The molecule has 0 spiro atoms. The van der Waals surface area contributed by atoms with Gasteiger partial charge in [-0.25, -0.2) is 5.43 Å². The summed E-state index contributed by atoms with van der Waals surface area (Å²) in [5.74, 6) is 0.668. The maximum Gasteiger partial charge on any atom is 0.282 e. The van der Waals surface area contributed by atoms with Gasteiger partial charge in [-0.3, -0.25) is 14.9 Å². The molecular formula is C20H15N3O4. The lowest BCUT2D eigenvalue weighted by Gasteiger charge is -2.05. The molecule has 3 aromatic rings. The molecule has 7 nitrogen and oxygen atoms in total. The van der Waals surface area contributed by atoms with Crippen molar-refractivity contribution in [3.8, 4) is 11.5 Å². The van der Waals surface area contributed by atoms with Crippen molar-refractivity contribution in [2.24, 2.45) is 5.10 Å². The lowest BCUT2D eigenvalue weighted by molar-refractivity contribution is -0.385. The van der Waals surface area contributed by atoms with Gasteiger partial charge in [0, 0.05) is 6.07 Å². The number of nitro benzene ring substituents is 1. The number of amides is 1. The van der Waals surface area contributed by atoms with Crippen molar-refractivity contribution in [1.29, 1.82) is 0 Å². The summed E-state index contributed by atoms with van der Waals surface area (Å²) < 4.78 is 5.73. The van der Waals surface area contributed by atoms with Crippen LogP contribution in [0.3, 0.4) is 0 Å². The van der Waals surface area contributed by atoms with Crippen molar-refractivity contribution >= 4 is 17.8 Å². The second kappa shape index (κ2) is 8.39. The van der Waals surface area contributed by atoms with E-state index in [0.29, 0.717) is 17.1 Å². The Labute approximate surface area is 155 Å². The molecular weight excluding hydrogens is 346 g/mol. The average molecular weight is 361 g/mol. The number of carbonyl (C=O) groups excluding carboxylic acids is 1. The summed E-state index contributed by atoms with van der Waals surface area (Å²) in [6, 6.07) is 22.2. The summed E-state index contributed by atoms with van der Waals surface area (Å²) in [4.78, 5) is 22.5. The lowest BCUT2D eigenvalue weighted by atomic mass is 10.2. The van der Waals surface area contributed by atoms with E-state index >= 15 is 0 Å². The van der Waals surface area contributed by atoms with Crippen molar-refractivity contribution in [3.05, 3.63) is 100 Å². The van der Waals surface area contributed by atoms with Gasteiger partial charge in [-0.05, 0) is 35.9 Å². The quantitative estimate of drug-likeness (QED) is 0.405. The first-order valence-corrected chi connectivity index (χ1v) is 8.03. The first-order valence-electron chi connectivity index (χ1n) is 8.03. The van der Waals surface area contributed by atoms with Crippen molar-refractivity contribution < 1.29 is 14.5 Å². The van der Waals surface area contributed by atoms with E-state index in [4.69, 9.17) is 4.74 Å². The van der Waals surface area contributed by atoms with Gasteiger partial charge in [0.05, 0.1) is 11.1 Å². The number of nitrogens with one attached hydrogen (secondary N) is 1. The van der Waals surface area contributed by atoms with Crippen LogP contribution in [0.15, 0.2) is 84.0 Å². The van der Waals surface area contributed by atoms with Crippen LogP contribution in [0.2, 0.25) is 0 Å². The molecule has 7 heteroatoms. The summed E-state index contributed by atoms with van der Waals surface area (Å²) in [5, 5.41) is 14.8. The minimum Gasteiger partial charge on any atom is -0.457 e. The molecule has 0 heterocycles. The van der Waals surface area contributed by atoms with E-state index in [1.165, 1.54) is 24.4 Å². The average Bonchev–Trinajstić information content (AvgIpc) is 2.69. The van der Waals surface area contributed by atoms with Crippen LogP contribution in [0.4, 0.5) is 5.69 Å². The number of rotatable bonds is 6. The molecule has 0 aliphatic rings. The zero-order chi connectivity index (χ0) is 19.1. The number of hydrazone groups is 1. The number of carbonyl (C=O) groups is 1. The molecule has 0 aromatic heterocycles. The fraction of sp³-hybridized carbons (Fsp3) is 0. The third kappa shape index (κ3) is 4.76. The Hall–Kier alpha value is -4.00. The van der Waals surface area contributed by atoms with Crippen LogP contribution in [0.1, 0.15) is 15.9 Å². The van der Waals surface area contributed by atoms with Crippen LogP contribution in [-0.4, -0.2) is 17.0 Å². The molecule has 0 atom stereocenters. The number of nitro groups is 1. The summed E-state index contributed by atoms with van der Waals surface area (Å²) in [6.07, 6.45) is 1.44. The summed E-state index contributed by atoms with van der Waals surface area (Å²) in [5.41, 5.74) is 2.67. The van der Waals surface area contributed by atoms with Crippen LogP contribution < -0.4 is 10.2 Å². The van der Waals surface area contributed by atoms with Crippen molar-refractivity contribution in [2.75, 3.05) is 0 Å². The Balaban J connectivity index is 1.67. The second-order valence-electron chi connectivity index (χ2n) is 5.46. The Bertz CT molecular complexity index is 987. The fourth-order valence-corrected chi connectivity index (χ4v) is 2.33. The zero-order valence-electron chi connectivity index (χ0n) is 14.1. The molecule has 1 N–H and O–H groups in total. The third-order valence-electron chi connectivity index (χ3n) is 3.56. The van der Waals surface area contributed by atoms with Crippen LogP contribution >= 0.6 is 0 Å². The van der Waals surface area contributed by atoms with E-state index < -0.39 is 10.8 Å². The predicted molar refractivity (Wildman–Crippen MR) is 101 cm³/mol. The molecule has 0 saturated heterocycles. The summed E-state index contributed by atoms with van der Waals surface area (Å²) >= 11 is 0. The van der Waals surface area contributed by atoms with Crippen LogP contribution in [0.25, 0.3) is 0 Å². The molecule has 3 aromatic carbocycles. The number of ether oxygens (including phenoxy) is 1. The minimum absolute atomic E-state index is 0.0548. The predicted octanol–water partition coefficient (Wildman–Crippen LogP) is 4.15. The molecule has 1 amide bonds. The first kappa shape index (κ1) is 17.8. The van der Waals surface area contributed by atoms with Gasteiger partial charge in [0.25, 0.3) is 11.6 Å². The van der Waals surface area contributed by atoms with E-state index in [2.05, 4.69) is 10.5 Å². The largest absolute Gasteiger partial charge is 0.457 e. The summed E-state index contributed by atoms with van der Waals surface area (Å²) in [7, 11) is 0. The molecule has 3 rings (SSSR count). The van der Waals surface area contributed by atoms with Crippen LogP contribution in [0, 0.1) is 10.1 Å². The monoisotopic (exact) mass is 361 g/mol. The molecule has 0 aliphatic carbocycles. The zero-order valence-corrected chi connectivity index (χ0v) is 14.1. The number of hydrogen-bond donors (Lipinski definition) is 1. The van der Waals surface area contributed by atoms with Crippen molar-refractivity contribution in [3.63, 3.8) is 0 Å². The number of para-hydroxylation sites is 2. The molecule has 0 fully saturated rings. The molecule has 0 radical (unpaired) electrons. The number of nitrogens with zero attached hydrogens (tertiary/aromatic N) is 2. The maximum absolute atomic E-state index is 12.1. The third-order valence-corrected chi connectivity index (χ3v) is 3.56. The molecule has 0 unspecified atom stereocenters. The smallest absolute Gasteiger partial charge is 0.282 e. The van der Waals surface area contributed by atoms with Gasteiger partial charge < -0.3 is 4.74 Å². The van der Waals surface area contributed by atoms with E-state index in [-0.39, 0.29) is 11.3 Å². The van der Waals surface area contributed by atoms with Gasteiger partial charge in [-0.1, -0.05) is 42.5 Å². The summed E-state index contributed by atoms with van der Waals surface area (Å²) in [6.45, 7) is 0. The standard InChI is InChI=1S/C20H15N3O4/c24-20(18-11-4-5-12-19(18)23(25)26)22-21-14-15-7-6-10-17(13-15)27-16-8-2-1-3-9-16/h1-14H,(H,22,24). The highest BCUT2D eigenvalue weighted by Crippen LogP contribution is 2.21. The van der Waals surface area contributed by atoms with Gasteiger partial charge in [-0.15, -0.1) is 0 Å². The Morgan fingerprint density at radius 3 is 2.44 bits per heavy atom. The topological polar surface area (TPSA) is 93.8 Å². The maximum atomic E-state index is 12.1. The highest BCUT2D eigenvalue weighted by molar-refractivity contribution is 5.98. The Kier molecular flexibility index (Phi) is 5.54. The number of benzene rings is 3. The van der Waals surface area contributed by atoms with E-state index in [9.17, 15) is 14.9 Å². The van der Waals surface area contributed by atoms with Gasteiger partial charge in [0.2, 0.25) is 0 Å². The van der Waals surface area contributed by atoms with Crippen LogP contribution in [0.5, 0.6) is 11.5 Å². The fourth-order valence-electron chi connectivity index (χ4n) is 2.33. The lowest BCUT2D eigenvalue weighted by Crippen LogP contribution is -2.18. The second-order valence-corrected chi connectivity index (χ2v) is 5.46. The van der Waals surface area contributed by atoms with E-state index in [0.717, 1.165) is 0 Å². The van der Waals surface area contributed by atoms with E-state index in [1.54, 1.807) is 30.3 Å². The molecule has 0 aliphatic heterocycles. The first-order chi connectivity index (χ1) is 13.1. The molecule has 27 heavy (non-hydrogen) atoms. The van der Waals surface area contributed by atoms with Gasteiger partial charge >= 0.3 is 0 Å². The SMILES string of the molecule is O=C(NN=Cc1cccc(Oc2ccccc2)c1)c1ccccc1[N+](=O)[O-]. The van der Waals surface area contributed by atoms with Gasteiger partial charge in [-0.2, -0.15) is 5.10 Å².